The standard InChI is InChI=1S/C20H20ClN3O/c1-24-14-15(13-22-24)10-11-19(25)23-20(16-6-3-2-4-7-16)17-8-5-9-18(21)12-17/h2-9,12-14,20H,10-11H2,1H3,(H,23,25). The maximum absolute atomic E-state index is 12.5. The summed E-state index contributed by atoms with van der Waals surface area (Å²) in [6.07, 6.45) is 4.80. The average Bonchev–Trinajstić information content (AvgIpc) is 3.04. The highest BCUT2D eigenvalue weighted by atomic mass is 35.5. The Bertz CT molecular complexity index is 845. The molecule has 0 radical (unpaired) electrons. The van der Waals surface area contributed by atoms with Crippen LogP contribution in [0.2, 0.25) is 5.02 Å². The smallest absolute Gasteiger partial charge is 0.221 e. The zero-order valence-corrected chi connectivity index (χ0v) is 14.8. The number of carbonyl (C=O) groups excluding carboxylic acids is 1. The molecule has 0 aliphatic heterocycles. The van der Waals surface area contributed by atoms with Crippen molar-refractivity contribution < 1.29 is 4.79 Å². The Morgan fingerprint density at radius 2 is 1.92 bits per heavy atom. The normalized spacial score (nSPS) is 11.9. The zero-order valence-electron chi connectivity index (χ0n) is 14.0. The highest BCUT2D eigenvalue weighted by molar-refractivity contribution is 6.30. The third kappa shape index (κ3) is 4.70. The first-order valence-corrected chi connectivity index (χ1v) is 8.57. The van der Waals surface area contributed by atoms with E-state index in [1.54, 1.807) is 10.9 Å². The van der Waals surface area contributed by atoms with E-state index < -0.39 is 0 Å². The molecule has 0 bridgehead atoms. The van der Waals surface area contributed by atoms with E-state index >= 15 is 0 Å². The molecule has 3 rings (SSSR count). The summed E-state index contributed by atoms with van der Waals surface area (Å²) in [4.78, 5) is 12.5. The second-order valence-electron chi connectivity index (χ2n) is 5.99. The van der Waals surface area contributed by atoms with Gasteiger partial charge in [0.1, 0.15) is 0 Å². The SMILES string of the molecule is Cn1cc(CCC(=O)NC(c2ccccc2)c2cccc(Cl)c2)cn1. The van der Waals surface area contributed by atoms with Crippen LogP contribution in [0.5, 0.6) is 0 Å². The third-order valence-corrected chi connectivity index (χ3v) is 4.25. The molecule has 0 saturated heterocycles. The molecular weight excluding hydrogens is 334 g/mol. The number of halogens is 1. The highest BCUT2D eigenvalue weighted by Gasteiger charge is 2.17. The van der Waals surface area contributed by atoms with Crippen LogP contribution >= 0.6 is 11.6 Å². The van der Waals surface area contributed by atoms with Gasteiger partial charge in [-0.2, -0.15) is 5.10 Å². The van der Waals surface area contributed by atoms with Crippen molar-refractivity contribution in [1.82, 2.24) is 15.1 Å². The molecule has 1 amide bonds. The van der Waals surface area contributed by atoms with Gasteiger partial charge in [-0.15, -0.1) is 0 Å². The molecule has 1 aromatic heterocycles. The quantitative estimate of drug-likeness (QED) is 0.730. The molecule has 4 nitrogen and oxygen atoms in total. The lowest BCUT2D eigenvalue weighted by molar-refractivity contribution is -0.121. The number of rotatable bonds is 6. The van der Waals surface area contributed by atoms with E-state index in [1.165, 1.54) is 0 Å². The number of hydrogen-bond acceptors (Lipinski definition) is 2. The maximum Gasteiger partial charge on any atom is 0.221 e. The van der Waals surface area contributed by atoms with Gasteiger partial charge < -0.3 is 5.32 Å². The molecule has 2 aromatic carbocycles. The van der Waals surface area contributed by atoms with Crippen molar-refractivity contribution in [2.24, 2.45) is 7.05 Å². The van der Waals surface area contributed by atoms with Crippen LogP contribution in [0.3, 0.4) is 0 Å². The van der Waals surface area contributed by atoms with Gasteiger partial charge >= 0.3 is 0 Å². The van der Waals surface area contributed by atoms with Gasteiger partial charge in [-0.05, 0) is 35.2 Å². The van der Waals surface area contributed by atoms with Crippen LogP contribution in [0.15, 0.2) is 67.0 Å². The fourth-order valence-electron chi connectivity index (χ4n) is 2.78. The van der Waals surface area contributed by atoms with Crippen molar-refractivity contribution in [3.63, 3.8) is 0 Å². The number of nitrogens with zero attached hydrogens (tertiary/aromatic N) is 2. The van der Waals surface area contributed by atoms with Gasteiger partial charge in [0.05, 0.1) is 12.2 Å². The lowest BCUT2D eigenvalue weighted by Crippen LogP contribution is -2.29. The van der Waals surface area contributed by atoms with Gasteiger partial charge in [0.25, 0.3) is 0 Å². The molecule has 0 aliphatic carbocycles. The fourth-order valence-corrected chi connectivity index (χ4v) is 2.98. The van der Waals surface area contributed by atoms with E-state index in [-0.39, 0.29) is 11.9 Å². The largest absolute Gasteiger partial charge is 0.345 e. The molecule has 0 fully saturated rings. The van der Waals surface area contributed by atoms with Gasteiger partial charge in [-0.1, -0.05) is 54.1 Å². The van der Waals surface area contributed by atoms with Gasteiger partial charge in [-0.3, -0.25) is 9.48 Å². The highest BCUT2D eigenvalue weighted by Crippen LogP contribution is 2.24. The maximum atomic E-state index is 12.5. The second-order valence-corrected chi connectivity index (χ2v) is 6.42. The molecule has 5 heteroatoms. The molecule has 3 aromatic rings. The van der Waals surface area contributed by atoms with E-state index in [1.807, 2.05) is 67.8 Å². The first-order valence-electron chi connectivity index (χ1n) is 8.19. The predicted molar refractivity (Wildman–Crippen MR) is 99.4 cm³/mol. The van der Waals surface area contributed by atoms with Gasteiger partial charge in [0, 0.05) is 24.7 Å². The number of hydrogen-bond donors (Lipinski definition) is 1. The molecule has 1 unspecified atom stereocenters. The second kappa shape index (κ2) is 7.99. The van der Waals surface area contributed by atoms with Crippen molar-refractivity contribution in [1.29, 1.82) is 0 Å². The number of nitrogens with one attached hydrogen (secondary N) is 1. The first kappa shape index (κ1) is 17.2. The minimum absolute atomic E-state index is 0.00215. The molecule has 1 atom stereocenters. The summed E-state index contributed by atoms with van der Waals surface area (Å²) in [5.41, 5.74) is 3.05. The zero-order chi connectivity index (χ0) is 17.6. The molecule has 128 valence electrons. The monoisotopic (exact) mass is 353 g/mol. The summed E-state index contributed by atoms with van der Waals surface area (Å²) >= 11 is 6.13. The van der Waals surface area contributed by atoms with Crippen molar-refractivity contribution in [2.75, 3.05) is 0 Å². The van der Waals surface area contributed by atoms with Crippen LogP contribution < -0.4 is 5.32 Å². The Kier molecular flexibility index (Phi) is 5.51. The Morgan fingerprint density at radius 1 is 1.16 bits per heavy atom. The van der Waals surface area contributed by atoms with E-state index in [0.29, 0.717) is 17.9 Å². The van der Waals surface area contributed by atoms with Crippen LogP contribution in [0.25, 0.3) is 0 Å². The van der Waals surface area contributed by atoms with E-state index in [9.17, 15) is 4.79 Å². The minimum Gasteiger partial charge on any atom is -0.345 e. The number of amides is 1. The van der Waals surface area contributed by atoms with Crippen LogP contribution in [0, 0.1) is 0 Å². The summed E-state index contributed by atoms with van der Waals surface area (Å²) in [6, 6.07) is 17.3. The molecule has 0 spiro atoms. The number of aryl methyl sites for hydroxylation is 2. The summed E-state index contributed by atoms with van der Waals surface area (Å²) in [6.45, 7) is 0. The molecule has 0 saturated carbocycles. The summed E-state index contributed by atoms with van der Waals surface area (Å²) < 4.78 is 1.74. The van der Waals surface area contributed by atoms with Gasteiger partial charge in [-0.25, -0.2) is 0 Å². The van der Waals surface area contributed by atoms with E-state index in [4.69, 9.17) is 11.6 Å². The van der Waals surface area contributed by atoms with E-state index in [0.717, 1.165) is 16.7 Å². The van der Waals surface area contributed by atoms with Crippen molar-refractivity contribution >= 4 is 17.5 Å². The van der Waals surface area contributed by atoms with Crippen LogP contribution in [-0.2, 0) is 18.3 Å². The van der Waals surface area contributed by atoms with Crippen molar-refractivity contribution in [2.45, 2.75) is 18.9 Å². The molecular formula is C20H20ClN3O. The molecule has 0 aliphatic rings. The predicted octanol–water partition coefficient (Wildman–Crippen LogP) is 3.91. The van der Waals surface area contributed by atoms with Gasteiger partial charge in [0.15, 0.2) is 0 Å². The first-order chi connectivity index (χ1) is 12.1. The fraction of sp³-hybridized carbons (Fsp3) is 0.200. The Hall–Kier alpha value is -2.59. The minimum atomic E-state index is -0.221. The molecule has 1 heterocycles. The lowest BCUT2D eigenvalue weighted by atomic mass is 9.98. The van der Waals surface area contributed by atoms with Crippen LogP contribution in [0.4, 0.5) is 0 Å². The Labute approximate surface area is 152 Å². The number of benzene rings is 2. The van der Waals surface area contributed by atoms with Gasteiger partial charge in [0.2, 0.25) is 5.91 Å². The topological polar surface area (TPSA) is 46.9 Å². The third-order valence-electron chi connectivity index (χ3n) is 4.02. The Balaban J connectivity index is 1.74. The van der Waals surface area contributed by atoms with Crippen molar-refractivity contribution in [3.05, 3.63) is 88.7 Å². The number of carbonyl (C=O) groups is 1. The summed E-state index contributed by atoms with van der Waals surface area (Å²) in [7, 11) is 1.87. The van der Waals surface area contributed by atoms with Crippen LogP contribution in [-0.4, -0.2) is 15.7 Å². The van der Waals surface area contributed by atoms with E-state index in [2.05, 4.69) is 10.4 Å². The molecule has 25 heavy (non-hydrogen) atoms. The van der Waals surface area contributed by atoms with Crippen LogP contribution in [0.1, 0.15) is 29.2 Å². The summed E-state index contributed by atoms with van der Waals surface area (Å²) in [5.74, 6) is -0.00215. The Morgan fingerprint density at radius 3 is 2.60 bits per heavy atom. The average molecular weight is 354 g/mol. The lowest BCUT2D eigenvalue weighted by Gasteiger charge is -2.20. The number of aromatic nitrogens is 2. The van der Waals surface area contributed by atoms with Crippen molar-refractivity contribution in [3.8, 4) is 0 Å². The summed E-state index contributed by atoms with van der Waals surface area (Å²) in [5, 5.41) is 7.92. The molecule has 1 N–H and O–H groups in total.